The van der Waals surface area contributed by atoms with Crippen molar-refractivity contribution in [1.82, 2.24) is 10.2 Å². The van der Waals surface area contributed by atoms with Gasteiger partial charge in [-0.25, -0.2) is 0 Å². The summed E-state index contributed by atoms with van der Waals surface area (Å²) in [5.41, 5.74) is -0.330. The first-order valence-corrected chi connectivity index (χ1v) is 6.36. The number of hydrogen-bond acceptors (Lipinski definition) is 4. The molecule has 1 aromatic rings. The summed E-state index contributed by atoms with van der Waals surface area (Å²) in [6.07, 6.45) is 1.05. The average molecular weight is 292 g/mol. The summed E-state index contributed by atoms with van der Waals surface area (Å²) in [5, 5.41) is 19.9. The van der Waals surface area contributed by atoms with Crippen molar-refractivity contribution >= 4 is 34.9 Å². The molecule has 0 unspecified atom stereocenters. The number of anilines is 1. The van der Waals surface area contributed by atoms with Gasteiger partial charge in [-0.3, -0.25) is 4.79 Å². The Kier molecular flexibility index (Phi) is 5.16. The van der Waals surface area contributed by atoms with Crippen molar-refractivity contribution < 1.29 is 9.90 Å². The van der Waals surface area contributed by atoms with E-state index < -0.39 is 11.4 Å². The quantitative estimate of drug-likeness (QED) is 0.842. The van der Waals surface area contributed by atoms with Crippen LogP contribution in [0.3, 0.4) is 0 Å². The van der Waals surface area contributed by atoms with Crippen LogP contribution in [0, 0.1) is 5.41 Å². The second-order valence-electron chi connectivity index (χ2n) is 4.02. The van der Waals surface area contributed by atoms with Crippen LogP contribution in [-0.2, 0) is 4.79 Å². The third-order valence-corrected chi connectivity index (χ3v) is 3.61. The molecule has 0 aromatic carbocycles. The summed E-state index contributed by atoms with van der Waals surface area (Å²) in [4.78, 5) is 11.3. The predicted octanol–water partition coefficient (Wildman–Crippen LogP) is 3.09. The smallest absolute Gasteiger partial charge is 0.311 e. The molecule has 18 heavy (non-hydrogen) atoms. The van der Waals surface area contributed by atoms with Crippen LogP contribution in [-0.4, -0.2) is 27.8 Å². The maximum absolute atomic E-state index is 11.3. The van der Waals surface area contributed by atoms with Gasteiger partial charge in [-0.15, -0.1) is 10.2 Å². The van der Waals surface area contributed by atoms with Crippen molar-refractivity contribution in [2.24, 2.45) is 5.41 Å². The fourth-order valence-corrected chi connectivity index (χ4v) is 1.93. The lowest BCUT2D eigenvalue weighted by Crippen LogP contribution is -2.36. The van der Waals surface area contributed by atoms with Crippen LogP contribution < -0.4 is 5.32 Å². The minimum absolute atomic E-state index is 0.172. The number of aliphatic carboxylic acids is 1. The van der Waals surface area contributed by atoms with Gasteiger partial charge in [0.15, 0.2) is 10.3 Å². The zero-order valence-corrected chi connectivity index (χ0v) is 11.7. The molecule has 0 radical (unpaired) electrons. The molecular formula is C11H15Cl2N3O2. The maximum atomic E-state index is 11.3. The van der Waals surface area contributed by atoms with Crippen molar-refractivity contribution in [2.75, 3.05) is 11.9 Å². The van der Waals surface area contributed by atoms with E-state index in [1.54, 1.807) is 0 Å². The summed E-state index contributed by atoms with van der Waals surface area (Å²) in [7, 11) is 0. The topological polar surface area (TPSA) is 75.1 Å². The van der Waals surface area contributed by atoms with E-state index in [-0.39, 0.29) is 16.9 Å². The molecule has 5 nitrogen and oxygen atoms in total. The van der Waals surface area contributed by atoms with Gasteiger partial charge >= 0.3 is 5.97 Å². The molecule has 0 aliphatic carbocycles. The maximum Gasteiger partial charge on any atom is 0.311 e. The van der Waals surface area contributed by atoms with E-state index in [9.17, 15) is 9.90 Å². The molecule has 0 bridgehead atoms. The number of aromatic nitrogens is 2. The number of halogens is 2. The highest BCUT2D eigenvalue weighted by atomic mass is 35.5. The summed E-state index contributed by atoms with van der Waals surface area (Å²) in [6.45, 7) is 3.95. The third-order valence-electron chi connectivity index (χ3n) is 3.14. The number of carboxylic acid groups (broad SMARTS) is 1. The average Bonchev–Trinajstić information content (AvgIpc) is 2.35. The van der Waals surface area contributed by atoms with Gasteiger partial charge in [-0.05, 0) is 12.8 Å². The minimum atomic E-state index is -0.829. The van der Waals surface area contributed by atoms with Crippen LogP contribution in [0.1, 0.15) is 26.7 Å². The number of nitrogens with one attached hydrogen (secondary N) is 1. The normalized spacial score (nSPS) is 11.3. The largest absolute Gasteiger partial charge is 0.481 e. The van der Waals surface area contributed by atoms with E-state index in [1.165, 1.54) is 6.07 Å². The Bertz CT molecular complexity index is 436. The molecule has 1 rings (SSSR count). The van der Waals surface area contributed by atoms with E-state index in [2.05, 4.69) is 15.5 Å². The Hall–Kier alpha value is -1.07. The molecule has 0 saturated heterocycles. The number of nitrogens with zero attached hydrogens (tertiary/aromatic N) is 2. The van der Waals surface area contributed by atoms with Crippen LogP contribution in [0.25, 0.3) is 0 Å². The summed E-state index contributed by atoms with van der Waals surface area (Å²) in [5.74, 6) is -0.829. The number of hydrogen-bond donors (Lipinski definition) is 2. The van der Waals surface area contributed by atoms with Crippen molar-refractivity contribution in [3.05, 3.63) is 16.4 Å². The molecule has 1 aromatic heterocycles. The lowest BCUT2D eigenvalue weighted by atomic mass is 9.82. The van der Waals surface area contributed by atoms with Crippen LogP contribution in [0.15, 0.2) is 6.07 Å². The molecule has 1 heterocycles. The highest BCUT2D eigenvalue weighted by Crippen LogP contribution is 2.29. The molecule has 0 spiro atoms. The SMILES string of the molecule is CCC(CC)(CNc1cc(Cl)nnc1Cl)C(=O)O. The van der Waals surface area contributed by atoms with Crippen molar-refractivity contribution in [1.29, 1.82) is 0 Å². The molecule has 0 amide bonds. The molecular weight excluding hydrogens is 277 g/mol. The van der Waals surface area contributed by atoms with Crippen LogP contribution in [0.4, 0.5) is 5.69 Å². The molecule has 7 heteroatoms. The van der Waals surface area contributed by atoms with Gasteiger partial charge < -0.3 is 10.4 Å². The molecule has 2 N–H and O–H groups in total. The molecule has 100 valence electrons. The Morgan fingerprint density at radius 2 is 2.00 bits per heavy atom. The first-order valence-electron chi connectivity index (χ1n) is 5.61. The monoisotopic (exact) mass is 291 g/mol. The van der Waals surface area contributed by atoms with E-state index in [1.807, 2.05) is 13.8 Å². The van der Waals surface area contributed by atoms with Crippen molar-refractivity contribution in [2.45, 2.75) is 26.7 Å². The second-order valence-corrected chi connectivity index (χ2v) is 4.76. The standard InChI is InChI=1S/C11H15Cl2N3O2/c1-3-11(4-2,10(17)18)6-14-7-5-8(12)15-16-9(7)13/h5H,3-4,6H2,1-2H3,(H,14,15)(H,17,18). The number of carbonyl (C=O) groups is 1. The molecule has 0 atom stereocenters. The summed E-state index contributed by atoms with van der Waals surface area (Å²) >= 11 is 11.6. The Morgan fingerprint density at radius 1 is 1.39 bits per heavy atom. The van der Waals surface area contributed by atoms with Gasteiger partial charge in [-0.2, -0.15) is 0 Å². The van der Waals surface area contributed by atoms with Gasteiger partial charge in [0, 0.05) is 12.6 Å². The molecule has 0 fully saturated rings. The van der Waals surface area contributed by atoms with Crippen LogP contribution >= 0.6 is 23.2 Å². The number of rotatable bonds is 6. The summed E-state index contributed by atoms with van der Waals surface area (Å²) in [6, 6.07) is 1.52. The minimum Gasteiger partial charge on any atom is -0.481 e. The Morgan fingerprint density at radius 3 is 2.50 bits per heavy atom. The second kappa shape index (κ2) is 6.20. The Labute approximate surface area is 116 Å². The van der Waals surface area contributed by atoms with Crippen molar-refractivity contribution in [3.8, 4) is 0 Å². The predicted molar refractivity (Wildman–Crippen MR) is 71.2 cm³/mol. The lowest BCUT2D eigenvalue weighted by molar-refractivity contribution is -0.148. The zero-order chi connectivity index (χ0) is 13.8. The van der Waals surface area contributed by atoms with Gasteiger partial charge in [0.1, 0.15) is 0 Å². The fraction of sp³-hybridized carbons (Fsp3) is 0.545. The first kappa shape index (κ1) is 15.0. The van der Waals surface area contributed by atoms with E-state index in [0.29, 0.717) is 18.5 Å². The first-order chi connectivity index (χ1) is 8.45. The molecule has 0 saturated carbocycles. The van der Waals surface area contributed by atoms with Crippen molar-refractivity contribution in [3.63, 3.8) is 0 Å². The van der Waals surface area contributed by atoms with Crippen LogP contribution in [0.2, 0.25) is 10.3 Å². The van der Waals surface area contributed by atoms with Gasteiger partial charge in [0.2, 0.25) is 0 Å². The molecule has 0 aliphatic rings. The van der Waals surface area contributed by atoms with Gasteiger partial charge in [0.25, 0.3) is 0 Å². The van der Waals surface area contributed by atoms with E-state index in [4.69, 9.17) is 23.2 Å². The van der Waals surface area contributed by atoms with Gasteiger partial charge in [0.05, 0.1) is 11.1 Å². The highest BCUT2D eigenvalue weighted by molar-refractivity contribution is 6.33. The van der Waals surface area contributed by atoms with Crippen LogP contribution in [0.5, 0.6) is 0 Å². The fourth-order valence-electron chi connectivity index (χ4n) is 1.62. The van der Waals surface area contributed by atoms with Gasteiger partial charge in [-0.1, -0.05) is 37.0 Å². The number of carboxylic acids is 1. The van der Waals surface area contributed by atoms with E-state index in [0.717, 1.165) is 0 Å². The summed E-state index contributed by atoms with van der Waals surface area (Å²) < 4.78 is 0. The zero-order valence-electron chi connectivity index (χ0n) is 10.2. The van der Waals surface area contributed by atoms with E-state index >= 15 is 0 Å². The highest BCUT2D eigenvalue weighted by Gasteiger charge is 2.34. The third kappa shape index (κ3) is 3.23. The molecule has 0 aliphatic heterocycles. The Balaban J connectivity index is 2.85. The lowest BCUT2D eigenvalue weighted by Gasteiger charge is -2.27.